The summed E-state index contributed by atoms with van der Waals surface area (Å²) in [5.41, 5.74) is 4.90. The maximum atomic E-state index is 13.5. The minimum absolute atomic E-state index is 0.0251. The predicted octanol–water partition coefficient (Wildman–Crippen LogP) is 4.46. The van der Waals surface area contributed by atoms with Crippen LogP contribution in [0, 0.1) is 5.92 Å². The average Bonchev–Trinajstić information content (AvgIpc) is 3.27. The first-order chi connectivity index (χ1) is 15.8. The van der Waals surface area contributed by atoms with Crippen LogP contribution in [-0.2, 0) is 14.8 Å². The van der Waals surface area contributed by atoms with Gasteiger partial charge in [0.15, 0.2) is 0 Å². The first kappa shape index (κ1) is 21.7. The largest absolute Gasteiger partial charge is 0.481 e. The zero-order valence-electron chi connectivity index (χ0n) is 17.8. The highest BCUT2D eigenvalue weighted by Crippen LogP contribution is 2.32. The molecule has 0 bridgehead atoms. The van der Waals surface area contributed by atoms with Crippen molar-refractivity contribution in [2.45, 2.75) is 30.7 Å². The van der Waals surface area contributed by atoms with Crippen LogP contribution in [0.5, 0.6) is 0 Å². The van der Waals surface area contributed by atoms with Crippen molar-refractivity contribution in [2.24, 2.45) is 5.92 Å². The Hall–Kier alpha value is -3.08. The normalized spacial score (nSPS) is 19.7. The number of fused-ring (bicyclic) bond motifs is 2. The maximum absolute atomic E-state index is 13.5. The lowest BCUT2D eigenvalue weighted by Crippen LogP contribution is -2.47. The molecule has 0 saturated carbocycles. The summed E-state index contributed by atoms with van der Waals surface area (Å²) in [4.78, 5) is 20.3. The summed E-state index contributed by atoms with van der Waals surface area (Å²) >= 11 is 1.57. The molecule has 170 valence electrons. The van der Waals surface area contributed by atoms with Crippen LogP contribution in [0.1, 0.15) is 19.8 Å². The third-order valence-electron chi connectivity index (χ3n) is 6.10. The van der Waals surface area contributed by atoms with Gasteiger partial charge in [0.05, 0.1) is 32.1 Å². The van der Waals surface area contributed by atoms with Crippen LogP contribution < -0.4 is 5.32 Å². The number of sulfonamides is 1. The molecule has 33 heavy (non-hydrogen) atoms. The number of rotatable bonds is 5. The molecule has 1 aliphatic rings. The second kappa shape index (κ2) is 8.36. The first-order valence-corrected chi connectivity index (χ1v) is 12.9. The maximum Gasteiger partial charge on any atom is 0.307 e. The highest BCUT2D eigenvalue weighted by molar-refractivity contribution is 7.89. The highest BCUT2D eigenvalue weighted by Gasteiger charge is 2.37. The van der Waals surface area contributed by atoms with E-state index >= 15 is 0 Å². The fourth-order valence-corrected chi connectivity index (χ4v) is 6.62. The number of nitrogens with zero attached hydrogens (tertiary/aromatic N) is 3. The van der Waals surface area contributed by atoms with Crippen molar-refractivity contribution >= 4 is 59.8 Å². The van der Waals surface area contributed by atoms with Crippen molar-refractivity contribution in [2.75, 3.05) is 11.9 Å². The summed E-state index contributed by atoms with van der Waals surface area (Å²) in [7, 11) is -3.87. The summed E-state index contributed by atoms with van der Waals surface area (Å²) in [6.07, 6.45) is 2.66. The molecule has 0 aliphatic carbocycles. The van der Waals surface area contributed by atoms with Crippen LogP contribution in [0.2, 0.25) is 0 Å². The number of carboxylic acids is 1. The summed E-state index contributed by atoms with van der Waals surface area (Å²) in [6.45, 7) is 1.79. The smallest absolute Gasteiger partial charge is 0.307 e. The number of carboxylic acid groups (broad SMARTS) is 1. The minimum Gasteiger partial charge on any atom is -0.481 e. The average molecular weight is 483 g/mol. The van der Waals surface area contributed by atoms with Crippen molar-refractivity contribution < 1.29 is 18.3 Å². The predicted molar refractivity (Wildman–Crippen MR) is 128 cm³/mol. The zero-order valence-corrected chi connectivity index (χ0v) is 19.4. The van der Waals surface area contributed by atoms with Gasteiger partial charge in [0.25, 0.3) is 0 Å². The Bertz CT molecular complexity index is 1470. The third-order valence-corrected chi connectivity index (χ3v) is 8.89. The van der Waals surface area contributed by atoms with Crippen molar-refractivity contribution in [3.05, 3.63) is 54.2 Å². The van der Waals surface area contributed by atoms with Gasteiger partial charge in [-0.1, -0.05) is 0 Å². The van der Waals surface area contributed by atoms with E-state index in [-0.39, 0.29) is 17.5 Å². The number of piperidine rings is 1. The number of nitrogens with one attached hydrogen (secondary N) is 1. The summed E-state index contributed by atoms with van der Waals surface area (Å²) in [5, 5.41) is 13.4. The van der Waals surface area contributed by atoms with E-state index < -0.39 is 21.9 Å². The molecular weight excluding hydrogens is 460 g/mol. The molecule has 2 atom stereocenters. The molecule has 1 saturated heterocycles. The summed E-state index contributed by atoms with van der Waals surface area (Å²) < 4.78 is 29.4. The molecule has 4 aromatic rings. The van der Waals surface area contributed by atoms with Crippen molar-refractivity contribution in [3.8, 4) is 0 Å². The van der Waals surface area contributed by atoms with E-state index in [1.54, 1.807) is 41.2 Å². The summed E-state index contributed by atoms with van der Waals surface area (Å²) in [6, 6.07) is 12.2. The minimum atomic E-state index is -3.87. The Kier molecular flexibility index (Phi) is 5.51. The van der Waals surface area contributed by atoms with E-state index in [1.807, 2.05) is 25.1 Å². The van der Waals surface area contributed by atoms with E-state index in [4.69, 9.17) is 0 Å². The van der Waals surface area contributed by atoms with Crippen molar-refractivity contribution in [3.63, 3.8) is 0 Å². The number of hydrogen-bond acceptors (Lipinski definition) is 7. The topological polar surface area (TPSA) is 112 Å². The monoisotopic (exact) mass is 482 g/mol. The third kappa shape index (κ3) is 4.05. The Balaban J connectivity index is 1.52. The van der Waals surface area contributed by atoms with Crippen LogP contribution >= 0.6 is 11.3 Å². The fourth-order valence-electron chi connectivity index (χ4n) is 4.23. The fraction of sp³-hybridized carbons (Fsp3) is 0.261. The quantitative estimate of drug-likeness (QED) is 0.432. The molecule has 0 spiro atoms. The van der Waals surface area contributed by atoms with E-state index in [1.165, 1.54) is 10.4 Å². The Morgan fingerprint density at radius 1 is 1.12 bits per heavy atom. The number of anilines is 2. The number of benzene rings is 2. The lowest BCUT2D eigenvalue weighted by atomic mass is 9.96. The molecule has 0 amide bonds. The van der Waals surface area contributed by atoms with Crippen LogP contribution in [-0.4, -0.2) is 46.4 Å². The Morgan fingerprint density at radius 2 is 1.97 bits per heavy atom. The molecule has 8 nitrogen and oxygen atoms in total. The number of thiazole rings is 1. The van der Waals surface area contributed by atoms with Gasteiger partial charge in [0, 0.05) is 35.5 Å². The SMILES string of the molecule is CC1CCC(C(=O)O)CN1S(=O)(=O)c1ccc2nccc(Nc3ccc4scnc4c3)c2c1. The van der Waals surface area contributed by atoms with Gasteiger partial charge >= 0.3 is 5.97 Å². The number of carbonyl (C=O) groups is 1. The molecule has 0 radical (unpaired) electrons. The van der Waals surface area contributed by atoms with Gasteiger partial charge in [-0.05, 0) is 62.2 Å². The second-order valence-electron chi connectivity index (χ2n) is 8.23. The molecule has 1 aliphatic heterocycles. The van der Waals surface area contributed by atoms with Gasteiger partial charge in [-0.3, -0.25) is 9.78 Å². The highest BCUT2D eigenvalue weighted by atomic mass is 32.2. The van der Waals surface area contributed by atoms with Crippen molar-refractivity contribution in [1.29, 1.82) is 0 Å². The van der Waals surface area contributed by atoms with E-state index in [2.05, 4.69) is 15.3 Å². The Labute approximate surface area is 195 Å². The lowest BCUT2D eigenvalue weighted by molar-refractivity contribution is -0.143. The zero-order chi connectivity index (χ0) is 23.2. The van der Waals surface area contributed by atoms with E-state index in [0.717, 1.165) is 21.6 Å². The second-order valence-corrected chi connectivity index (χ2v) is 11.0. The molecule has 3 heterocycles. The van der Waals surface area contributed by atoms with Crippen LogP contribution in [0.25, 0.3) is 21.1 Å². The van der Waals surface area contributed by atoms with Gasteiger partial charge in [-0.25, -0.2) is 13.4 Å². The van der Waals surface area contributed by atoms with E-state index in [9.17, 15) is 18.3 Å². The Morgan fingerprint density at radius 3 is 2.79 bits per heavy atom. The summed E-state index contributed by atoms with van der Waals surface area (Å²) in [5.74, 6) is -1.66. The molecular formula is C23H22N4O4S2. The molecule has 1 fully saturated rings. The molecule has 5 rings (SSSR count). The lowest BCUT2D eigenvalue weighted by Gasteiger charge is -2.35. The van der Waals surface area contributed by atoms with Crippen LogP contribution in [0.3, 0.4) is 0 Å². The van der Waals surface area contributed by atoms with Crippen LogP contribution in [0.4, 0.5) is 11.4 Å². The molecule has 2 aromatic carbocycles. The van der Waals surface area contributed by atoms with Gasteiger partial charge in [0.1, 0.15) is 0 Å². The number of pyridine rings is 1. The van der Waals surface area contributed by atoms with Gasteiger partial charge < -0.3 is 10.4 Å². The van der Waals surface area contributed by atoms with E-state index in [0.29, 0.717) is 23.7 Å². The molecule has 10 heteroatoms. The number of aliphatic carboxylic acids is 1. The van der Waals surface area contributed by atoms with Crippen LogP contribution in [0.15, 0.2) is 59.1 Å². The molecule has 2 unspecified atom stereocenters. The number of aromatic nitrogens is 2. The van der Waals surface area contributed by atoms with Crippen molar-refractivity contribution in [1.82, 2.24) is 14.3 Å². The van der Waals surface area contributed by atoms with Gasteiger partial charge in [0.2, 0.25) is 10.0 Å². The van der Waals surface area contributed by atoms with Gasteiger partial charge in [-0.15, -0.1) is 11.3 Å². The molecule has 2 aromatic heterocycles. The first-order valence-electron chi connectivity index (χ1n) is 10.6. The standard InChI is InChI=1S/C23H22N4O4S2/c1-14-2-3-15(23(28)29)12-27(14)33(30,31)17-5-6-19-18(11-17)20(8-9-24-19)26-16-4-7-22-21(10-16)25-13-32-22/h4-11,13-15H,2-3,12H2,1H3,(H,24,26)(H,28,29). The molecule has 2 N–H and O–H groups in total. The van der Waals surface area contributed by atoms with Gasteiger partial charge in [-0.2, -0.15) is 4.31 Å². The number of hydrogen-bond donors (Lipinski definition) is 2.